The maximum Gasteiger partial charge on any atom is 0.239 e. The molecule has 0 aliphatic carbocycles. The van der Waals surface area contributed by atoms with Crippen molar-refractivity contribution in [3.63, 3.8) is 0 Å². The van der Waals surface area contributed by atoms with Gasteiger partial charge in [-0.15, -0.1) is 0 Å². The molecular formula is C15H24N4O. The standard InChI is InChI=1S/C15H24N4O/c1-4-10-17-14(20)11-18-15(16-2)19(3)12-13-8-6-5-7-9-13/h5-9H,4,10-12H2,1-3H3,(H,16,18)(H,17,20). The largest absolute Gasteiger partial charge is 0.355 e. The lowest BCUT2D eigenvalue weighted by atomic mass is 10.2. The van der Waals surface area contributed by atoms with Gasteiger partial charge in [0.1, 0.15) is 0 Å². The van der Waals surface area contributed by atoms with Crippen molar-refractivity contribution < 1.29 is 4.79 Å². The van der Waals surface area contributed by atoms with Crippen molar-refractivity contribution in [2.45, 2.75) is 19.9 Å². The van der Waals surface area contributed by atoms with Gasteiger partial charge in [0.25, 0.3) is 0 Å². The van der Waals surface area contributed by atoms with Gasteiger partial charge < -0.3 is 15.5 Å². The lowest BCUT2D eigenvalue weighted by molar-refractivity contribution is -0.120. The van der Waals surface area contributed by atoms with Crippen LogP contribution in [0.15, 0.2) is 35.3 Å². The number of guanidine groups is 1. The van der Waals surface area contributed by atoms with Crippen LogP contribution in [0.2, 0.25) is 0 Å². The smallest absolute Gasteiger partial charge is 0.239 e. The number of rotatable bonds is 6. The summed E-state index contributed by atoms with van der Waals surface area (Å²) in [5, 5.41) is 5.89. The summed E-state index contributed by atoms with van der Waals surface area (Å²) in [6, 6.07) is 10.2. The molecule has 0 fully saturated rings. The maximum absolute atomic E-state index is 11.6. The SMILES string of the molecule is CCCNC(=O)CNC(=NC)N(C)Cc1ccccc1. The van der Waals surface area contributed by atoms with E-state index in [1.54, 1.807) is 7.05 Å². The van der Waals surface area contributed by atoms with E-state index < -0.39 is 0 Å². The maximum atomic E-state index is 11.6. The fraction of sp³-hybridized carbons (Fsp3) is 0.467. The molecule has 0 aliphatic rings. The number of amides is 1. The van der Waals surface area contributed by atoms with Crippen LogP contribution in [-0.2, 0) is 11.3 Å². The van der Waals surface area contributed by atoms with Crippen LogP contribution < -0.4 is 10.6 Å². The van der Waals surface area contributed by atoms with E-state index in [0.29, 0.717) is 12.5 Å². The first kappa shape index (κ1) is 16.0. The van der Waals surface area contributed by atoms with E-state index >= 15 is 0 Å². The van der Waals surface area contributed by atoms with Gasteiger partial charge in [0.2, 0.25) is 5.91 Å². The Balaban J connectivity index is 2.44. The average Bonchev–Trinajstić information content (AvgIpc) is 2.46. The normalized spacial score (nSPS) is 11.1. The molecule has 20 heavy (non-hydrogen) atoms. The zero-order chi connectivity index (χ0) is 14.8. The highest BCUT2D eigenvalue weighted by Crippen LogP contribution is 2.02. The van der Waals surface area contributed by atoms with Gasteiger partial charge in [-0.1, -0.05) is 37.3 Å². The molecule has 0 aliphatic heterocycles. The van der Waals surface area contributed by atoms with E-state index in [2.05, 4.69) is 27.8 Å². The summed E-state index contributed by atoms with van der Waals surface area (Å²) in [7, 11) is 3.67. The summed E-state index contributed by atoms with van der Waals surface area (Å²) >= 11 is 0. The van der Waals surface area contributed by atoms with Crippen molar-refractivity contribution in [3.8, 4) is 0 Å². The Hall–Kier alpha value is -2.04. The van der Waals surface area contributed by atoms with Gasteiger partial charge in [-0.2, -0.15) is 0 Å². The molecule has 5 heteroatoms. The van der Waals surface area contributed by atoms with Gasteiger partial charge >= 0.3 is 0 Å². The Morgan fingerprint density at radius 1 is 1.25 bits per heavy atom. The highest BCUT2D eigenvalue weighted by molar-refractivity contribution is 5.86. The molecule has 0 aromatic heterocycles. The molecule has 110 valence electrons. The molecule has 5 nitrogen and oxygen atoms in total. The molecule has 0 spiro atoms. The molecular weight excluding hydrogens is 252 g/mol. The van der Waals surface area contributed by atoms with Crippen LogP contribution in [-0.4, -0.2) is 44.0 Å². The van der Waals surface area contributed by atoms with E-state index in [-0.39, 0.29) is 12.5 Å². The second-order valence-corrected chi connectivity index (χ2v) is 4.59. The predicted octanol–water partition coefficient (Wildman–Crippen LogP) is 1.22. The Labute approximate surface area is 121 Å². The molecule has 0 radical (unpaired) electrons. The fourth-order valence-electron chi connectivity index (χ4n) is 1.80. The molecule has 0 unspecified atom stereocenters. The summed E-state index contributed by atoms with van der Waals surface area (Å²) < 4.78 is 0. The molecule has 1 aromatic carbocycles. The van der Waals surface area contributed by atoms with Gasteiger partial charge in [-0.05, 0) is 12.0 Å². The monoisotopic (exact) mass is 276 g/mol. The average molecular weight is 276 g/mol. The number of nitrogens with zero attached hydrogens (tertiary/aromatic N) is 2. The first-order valence-corrected chi connectivity index (χ1v) is 6.89. The molecule has 0 bridgehead atoms. The molecule has 1 aromatic rings. The summed E-state index contributed by atoms with van der Waals surface area (Å²) in [6.07, 6.45) is 0.939. The first-order valence-electron chi connectivity index (χ1n) is 6.89. The quantitative estimate of drug-likeness (QED) is 0.607. The van der Waals surface area contributed by atoms with Crippen LogP contribution in [0.3, 0.4) is 0 Å². The van der Waals surface area contributed by atoms with Gasteiger partial charge in [0.15, 0.2) is 5.96 Å². The van der Waals surface area contributed by atoms with E-state index in [9.17, 15) is 4.79 Å². The predicted molar refractivity (Wildman–Crippen MR) is 82.6 cm³/mol. The zero-order valence-electron chi connectivity index (χ0n) is 12.5. The van der Waals surface area contributed by atoms with E-state index in [4.69, 9.17) is 0 Å². The minimum Gasteiger partial charge on any atom is -0.355 e. The molecule has 1 rings (SSSR count). The number of benzene rings is 1. The third-order valence-electron chi connectivity index (χ3n) is 2.82. The molecule has 2 N–H and O–H groups in total. The minimum absolute atomic E-state index is 0.0129. The van der Waals surface area contributed by atoms with E-state index in [1.165, 1.54) is 5.56 Å². The van der Waals surface area contributed by atoms with Crippen molar-refractivity contribution in [3.05, 3.63) is 35.9 Å². The van der Waals surface area contributed by atoms with Gasteiger partial charge in [-0.3, -0.25) is 9.79 Å². The fourth-order valence-corrected chi connectivity index (χ4v) is 1.80. The van der Waals surface area contributed by atoms with E-state index in [1.807, 2.05) is 37.1 Å². The Morgan fingerprint density at radius 2 is 1.95 bits per heavy atom. The Kier molecular flexibility index (Phi) is 7.17. The number of aliphatic imine (C=N–C) groups is 1. The number of carbonyl (C=O) groups is 1. The highest BCUT2D eigenvalue weighted by atomic mass is 16.1. The van der Waals surface area contributed by atoms with Crippen molar-refractivity contribution in [1.29, 1.82) is 0 Å². The molecule has 0 saturated heterocycles. The van der Waals surface area contributed by atoms with Gasteiger partial charge in [0.05, 0.1) is 6.54 Å². The first-order chi connectivity index (χ1) is 9.67. The van der Waals surface area contributed by atoms with Gasteiger partial charge in [0, 0.05) is 27.2 Å². The summed E-state index contributed by atoms with van der Waals surface area (Å²) in [5.41, 5.74) is 1.20. The number of nitrogens with one attached hydrogen (secondary N) is 2. The minimum atomic E-state index is -0.0129. The highest BCUT2D eigenvalue weighted by Gasteiger charge is 2.08. The van der Waals surface area contributed by atoms with Crippen LogP contribution in [0.5, 0.6) is 0 Å². The second kappa shape index (κ2) is 8.96. The summed E-state index contributed by atoms with van der Waals surface area (Å²) in [4.78, 5) is 17.7. The second-order valence-electron chi connectivity index (χ2n) is 4.59. The van der Waals surface area contributed by atoms with E-state index in [0.717, 1.165) is 13.0 Å². The van der Waals surface area contributed by atoms with Crippen molar-refractivity contribution >= 4 is 11.9 Å². The topological polar surface area (TPSA) is 56.7 Å². The van der Waals surface area contributed by atoms with Crippen LogP contribution >= 0.6 is 0 Å². The number of hydrogen-bond donors (Lipinski definition) is 2. The van der Waals surface area contributed by atoms with Crippen LogP contribution in [0.4, 0.5) is 0 Å². The van der Waals surface area contributed by atoms with Crippen molar-refractivity contribution in [1.82, 2.24) is 15.5 Å². The van der Waals surface area contributed by atoms with Crippen LogP contribution in [0.25, 0.3) is 0 Å². The van der Waals surface area contributed by atoms with Crippen molar-refractivity contribution in [2.24, 2.45) is 4.99 Å². The third-order valence-corrected chi connectivity index (χ3v) is 2.82. The number of hydrogen-bond acceptors (Lipinski definition) is 2. The molecule has 1 amide bonds. The Bertz CT molecular complexity index is 431. The Morgan fingerprint density at radius 3 is 2.55 bits per heavy atom. The number of carbonyl (C=O) groups excluding carboxylic acids is 1. The molecule has 0 saturated carbocycles. The van der Waals surface area contributed by atoms with Crippen LogP contribution in [0, 0.1) is 0 Å². The lowest BCUT2D eigenvalue weighted by Gasteiger charge is -2.22. The molecule has 0 atom stereocenters. The molecule has 0 heterocycles. The summed E-state index contributed by atoms with van der Waals surface area (Å²) in [6.45, 7) is 3.72. The van der Waals surface area contributed by atoms with Crippen molar-refractivity contribution in [2.75, 3.05) is 27.2 Å². The lowest BCUT2D eigenvalue weighted by Crippen LogP contribution is -2.43. The third kappa shape index (κ3) is 5.73. The van der Waals surface area contributed by atoms with Gasteiger partial charge in [-0.25, -0.2) is 0 Å². The zero-order valence-corrected chi connectivity index (χ0v) is 12.5. The summed E-state index contributed by atoms with van der Waals surface area (Å²) in [5.74, 6) is 0.696. The van der Waals surface area contributed by atoms with Crippen LogP contribution in [0.1, 0.15) is 18.9 Å².